The van der Waals surface area contributed by atoms with Crippen LogP contribution in [-0.2, 0) is 4.79 Å². The van der Waals surface area contributed by atoms with Crippen LogP contribution in [-0.4, -0.2) is 17.0 Å². The molecule has 2 nitrogen and oxygen atoms in total. The highest BCUT2D eigenvalue weighted by Gasteiger charge is 2.13. The quantitative estimate of drug-likeness (QED) is 0.489. The fraction of sp³-hybridized carbons (Fsp3) is 0.700. The van der Waals surface area contributed by atoms with Crippen LogP contribution in [0.3, 0.4) is 0 Å². The monoisotopic (exact) mass is 170 g/mol. The van der Waals surface area contributed by atoms with Crippen molar-refractivity contribution in [3.8, 4) is 0 Å². The maximum Gasteiger partial charge on any atom is 0.123 e. The van der Waals surface area contributed by atoms with E-state index in [1.165, 1.54) is 0 Å². The Morgan fingerprint density at radius 3 is 2.67 bits per heavy atom. The average molecular weight is 170 g/mol. The van der Waals surface area contributed by atoms with Gasteiger partial charge in [-0.1, -0.05) is 31.9 Å². The molecule has 0 rings (SSSR count). The summed E-state index contributed by atoms with van der Waals surface area (Å²) in [6.45, 7) is 3.86. The molecule has 0 aliphatic heterocycles. The van der Waals surface area contributed by atoms with Crippen LogP contribution >= 0.6 is 0 Å². The van der Waals surface area contributed by atoms with Crippen molar-refractivity contribution in [1.82, 2.24) is 0 Å². The first-order valence-corrected chi connectivity index (χ1v) is 4.46. The summed E-state index contributed by atoms with van der Waals surface area (Å²) in [5.74, 6) is 0. The summed E-state index contributed by atoms with van der Waals surface area (Å²) in [5, 5.41) is 9.67. The number of rotatable bonds is 6. The van der Waals surface area contributed by atoms with E-state index in [0.29, 0.717) is 6.42 Å². The molecule has 0 amide bonds. The molecule has 0 aromatic carbocycles. The summed E-state index contributed by atoms with van der Waals surface area (Å²) in [6.07, 6.45) is 7.49. The molecular formula is C10H18O2. The van der Waals surface area contributed by atoms with Gasteiger partial charge in [-0.15, -0.1) is 0 Å². The molecule has 0 aromatic heterocycles. The van der Waals surface area contributed by atoms with E-state index in [1.807, 2.05) is 0 Å². The van der Waals surface area contributed by atoms with E-state index in [0.717, 1.165) is 25.5 Å². The van der Waals surface area contributed by atoms with Gasteiger partial charge in [0.1, 0.15) is 6.29 Å². The molecule has 0 spiro atoms. The number of aliphatic hydroxyl groups is 1. The second-order valence-electron chi connectivity index (χ2n) is 3.27. The lowest BCUT2D eigenvalue weighted by molar-refractivity contribution is -0.107. The maximum absolute atomic E-state index is 9.97. The number of carbonyl (C=O) groups excluding carboxylic acids is 1. The van der Waals surface area contributed by atoms with Gasteiger partial charge in [0.05, 0.1) is 5.60 Å². The molecule has 0 aliphatic carbocycles. The Bertz CT molecular complexity index is 148. The molecule has 70 valence electrons. The van der Waals surface area contributed by atoms with Crippen molar-refractivity contribution in [3.05, 3.63) is 12.2 Å². The number of aldehydes is 1. The predicted molar refractivity (Wildman–Crippen MR) is 50.0 cm³/mol. The third-order valence-corrected chi connectivity index (χ3v) is 1.75. The fourth-order valence-electron chi connectivity index (χ4n) is 0.995. The average Bonchev–Trinajstić information content (AvgIpc) is 2.01. The lowest BCUT2D eigenvalue weighted by Crippen LogP contribution is -2.20. The van der Waals surface area contributed by atoms with Crippen molar-refractivity contribution in [2.24, 2.45) is 0 Å². The van der Waals surface area contributed by atoms with Crippen molar-refractivity contribution >= 4 is 6.29 Å². The van der Waals surface area contributed by atoms with Gasteiger partial charge in [0, 0.05) is 6.42 Å². The molecule has 1 unspecified atom stereocenters. The number of allylic oxidation sites excluding steroid dienone is 1. The van der Waals surface area contributed by atoms with Crippen LogP contribution in [0, 0.1) is 0 Å². The van der Waals surface area contributed by atoms with Gasteiger partial charge < -0.3 is 9.90 Å². The van der Waals surface area contributed by atoms with Crippen LogP contribution in [0.4, 0.5) is 0 Å². The van der Waals surface area contributed by atoms with Gasteiger partial charge in [0.25, 0.3) is 0 Å². The standard InChI is InChI=1S/C10H18O2/c1-3-4-7-10(2,12)8-5-6-9-11/h5,8-9,12H,3-4,6-7H2,1-2H3. The minimum Gasteiger partial charge on any atom is -0.386 e. The Morgan fingerprint density at radius 2 is 2.17 bits per heavy atom. The van der Waals surface area contributed by atoms with Gasteiger partial charge >= 0.3 is 0 Å². The zero-order chi connectivity index (χ0) is 9.45. The summed E-state index contributed by atoms with van der Waals surface area (Å²) in [5.41, 5.74) is -0.737. The largest absolute Gasteiger partial charge is 0.386 e. The summed E-state index contributed by atoms with van der Waals surface area (Å²) in [6, 6.07) is 0. The highest BCUT2D eigenvalue weighted by atomic mass is 16.3. The number of hydrogen-bond acceptors (Lipinski definition) is 2. The highest BCUT2D eigenvalue weighted by molar-refractivity contribution is 5.51. The minimum atomic E-state index is -0.737. The topological polar surface area (TPSA) is 37.3 Å². The van der Waals surface area contributed by atoms with Crippen LogP contribution in [0.5, 0.6) is 0 Å². The van der Waals surface area contributed by atoms with E-state index in [9.17, 15) is 9.90 Å². The van der Waals surface area contributed by atoms with E-state index >= 15 is 0 Å². The minimum absolute atomic E-state index is 0.391. The molecule has 0 radical (unpaired) electrons. The summed E-state index contributed by atoms with van der Waals surface area (Å²) < 4.78 is 0. The molecule has 1 N–H and O–H groups in total. The summed E-state index contributed by atoms with van der Waals surface area (Å²) in [7, 11) is 0. The van der Waals surface area contributed by atoms with E-state index in [4.69, 9.17) is 0 Å². The number of unbranched alkanes of at least 4 members (excludes halogenated alkanes) is 1. The summed E-state index contributed by atoms with van der Waals surface area (Å²) >= 11 is 0. The zero-order valence-corrected chi connectivity index (χ0v) is 7.92. The Balaban J connectivity index is 3.76. The third-order valence-electron chi connectivity index (χ3n) is 1.75. The fourth-order valence-corrected chi connectivity index (χ4v) is 0.995. The second-order valence-corrected chi connectivity index (χ2v) is 3.27. The van der Waals surface area contributed by atoms with Gasteiger partial charge in [-0.3, -0.25) is 0 Å². The van der Waals surface area contributed by atoms with E-state index in [1.54, 1.807) is 19.1 Å². The molecular weight excluding hydrogens is 152 g/mol. The molecule has 0 bridgehead atoms. The second kappa shape index (κ2) is 5.95. The van der Waals surface area contributed by atoms with E-state index < -0.39 is 5.60 Å². The van der Waals surface area contributed by atoms with Crippen molar-refractivity contribution < 1.29 is 9.90 Å². The smallest absolute Gasteiger partial charge is 0.123 e. The molecule has 0 fully saturated rings. The molecule has 0 saturated carbocycles. The Hall–Kier alpha value is -0.630. The zero-order valence-electron chi connectivity index (χ0n) is 7.92. The lowest BCUT2D eigenvalue weighted by Gasteiger charge is -2.17. The highest BCUT2D eigenvalue weighted by Crippen LogP contribution is 2.14. The van der Waals surface area contributed by atoms with Crippen LogP contribution < -0.4 is 0 Å². The third kappa shape index (κ3) is 6.10. The van der Waals surface area contributed by atoms with Gasteiger partial charge in [-0.05, 0) is 13.3 Å². The summed E-state index contributed by atoms with van der Waals surface area (Å²) in [4.78, 5) is 9.97. The molecule has 12 heavy (non-hydrogen) atoms. The van der Waals surface area contributed by atoms with Gasteiger partial charge in [-0.25, -0.2) is 0 Å². The van der Waals surface area contributed by atoms with E-state index in [-0.39, 0.29) is 0 Å². The van der Waals surface area contributed by atoms with Crippen molar-refractivity contribution in [2.75, 3.05) is 0 Å². The van der Waals surface area contributed by atoms with Gasteiger partial charge in [-0.2, -0.15) is 0 Å². The SMILES string of the molecule is CCCCC(C)(O)C=CCC=O. The molecule has 0 saturated heterocycles. The van der Waals surface area contributed by atoms with Crippen LogP contribution in [0.2, 0.25) is 0 Å². The first-order chi connectivity index (χ1) is 5.62. The van der Waals surface area contributed by atoms with Crippen LogP contribution in [0.25, 0.3) is 0 Å². The molecule has 0 heterocycles. The normalized spacial score (nSPS) is 16.2. The molecule has 1 atom stereocenters. The van der Waals surface area contributed by atoms with Crippen molar-refractivity contribution in [2.45, 2.75) is 45.1 Å². The Kier molecular flexibility index (Phi) is 5.64. The molecule has 2 heteroatoms. The lowest BCUT2D eigenvalue weighted by atomic mass is 9.98. The first kappa shape index (κ1) is 11.4. The Labute approximate surface area is 74.3 Å². The number of hydrogen-bond donors (Lipinski definition) is 1. The molecule has 0 aliphatic rings. The van der Waals surface area contributed by atoms with Crippen molar-refractivity contribution in [3.63, 3.8) is 0 Å². The van der Waals surface area contributed by atoms with Crippen LogP contribution in [0.15, 0.2) is 12.2 Å². The maximum atomic E-state index is 9.97. The van der Waals surface area contributed by atoms with Gasteiger partial charge in [0.2, 0.25) is 0 Å². The Morgan fingerprint density at radius 1 is 1.50 bits per heavy atom. The van der Waals surface area contributed by atoms with Crippen LogP contribution in [0.1, 0.15) is 39.5 Å². The number of carbonyl (C=O) groups is 1. The van der Waals surface area contributed by atoms with Gasteiger partial charge in [0.15, 0.2) is 0 Å². The molecule has 0 aromatic rings. The van der Waals surface area contributed by atoms with Crippen molar-refractivity contribution in [1.29, 1.82) is 0 Å². The predicted octanol–water partition coefficient (Wildman–Crippen LogP) is 2.07. The van der Waals surface area contributed by atoms with E-state index in [2.05, 4.69) is 6.92 Å². The first-order valence-electron chi connectivity index (χ1n) is 4.46.